The lowest BCUT2D eigenvalue weighted by atomic mass is 9.90. The predicted molar refractivity (Wildman–Crippen MR) is 124 cm³/mol. The Bertz CT molecular complexity index is 412. The molecule has 6 heteroatoms. The monoisotopic (exact) mass is 495 g/mol. The van der Waals surface area contributed by atoms with Crippen molar-refractivity contribution in [1.29, 1.82) is 0 Å². The molecule has 2 aliphatic rings. The van der Waals surface area contributed by atoms with E-state index in [0.717, 1.165) is 58.1 Å². The molecule has 5 nitrogen and oxygen atoms in total. The number of unbranched alkanes of at least 4 members (excludes halogenated alkanes) is 1. The molecule has 0 saturated carbocycles. The van der Waals surface area contributed by atoms with Crippen molar-refractivity contribution in [2.45, 2.75) is 84.3 Å². The van der Waals surface area contributed by atoms with Crippen molar-refractivity contribution >= 4 is 29.9 Å². The lowest BCUT2D eigenvalue weighted by molar-refractivity contribution is -0.0721. The Morgan fingerprint density at radius 1 is 1.15 bits per heavy atom. The summed E-state index contributed by atoms with van der Waals surface area (Å²) in [6, 6.07) is 0. The molecule has 1 atom stereocenters. The highest BCUT2D eigenvalue weighted by Crippen LogP contribution is 2.21. The highest BCUT2D eigenvalue weighted by Gasteiger charge is 2.23. The number of aliphatic imine (C=N–C) groups is 1. The van der Waals surface area contributed by atoms with Gasteiger partial charge in [-0.1, -0.05) is 27.2 Å². The average molecular weight is 495 g/mol. The van der Waals surface area contributed by atoms with Crippen molar-refractivity contribution in [3.63, 3.8) is 0 Å². The van der Waals surface area contributed by atoms with Gasteiger partial charge in [0.25, 0.3) is 0 Å². The highest BCUT2D eigenvalue weighted by atomic mass is 127. The van der Waals surface area contributed by atoms with Crippen LogP contribution in [0.5, 0.6) is 0 Å². The van der Waals surface area contributed by atoms with Crippen LogP contribution in [0.1, 0.15) is 72.1 Å². The molecule has 0 bridgehead atoms. The first-order valence-electron chi connectivity index (χ1n) is 10.7. The SMILES string of the molecule is CN=C(NCCCCC(C)(C)C)N1CCC(OCC2CCCCO2)CC1.I. The first kappa shape index (κ1) is 25.0. The number of hydrogen-bond donors (Lipinski definition) is 1. The largest absolute Gasteiger partial charge is 0.376 e. The molecule has 2 saturated heterocycles. The fourth-order valence-corrected chi connectivity index (χ4v) is 3.73. The van der Waals surface area contributed by atoms with Gasteiger partial charge in [-0.05, 0) is 50.4 Å². The smallest absolute Gasteiger partial charge is 0.193 e. The quantitative estimate of drug-likeness (QED) is 0.246. The molecular formula is C21H42IN3O2. The molecule has 1 unspecified atom stereocenters. The Hall–Kier alpha value is -0.0800. The summed E-state index contributed by atoms with van der Waals surface area (Å²) < 4.78 is 11.9. The van der Waals surface area contributed by atoms with Gasteiger partial charge in [-0.3, -0.25) is 4.99 Å². The Balaban J connectivity index is 0.00000364. The van der Waals surface area contributed by atoms with E-state index < -0.39 is 0 Å². The van der Waals surface area contributed by atoms with Crippen LogP contribution in [0.3, 0.4) is 0 Å². The van der Waals surface area contributed by atoms with E-state index >= 15 is 0 Å². The van der Waals surface area contributed by atoms with Crippen LogP contribution in [0.2, 0.25) is 0 Å². The fraction of sp³-hybridized carbons (Fsp3) is 0.952. The Morgan fingerprint density at radius 3 is 2.48 bits per heavy atom. The van der Waals surface area contributed by atoms with Gasteiger partial charge >= 0.3 is 0 Å². The third kappa shape index (κ3) is 10.3. The second-order valence-electron chi connectivity index (χ2n) is 9.00. The zero-order valence-corrected chi connectivity index (χ0v) is 20.3. The maximum Gasteiger partial charge on any atom is 0.193 e. The molecule has 0 radical (unpaired) electrons. The van der Waals surface area contributed by atoms with Crippen LogP contribution >= 0.6 is 24.0 Å². The minimum Gasteiger partial charge on any atom is -0.376 e. The van der Waals surface area contributed by atoms with Crippen LogP contribution in [0, 0.1) is 5.41 Å². The summed E-state index contributed by atoms with van der Waals surface area (Å²) in [5.41, 5.74) is 0.437. The normalized spacial score (nSPS) is 22.4. The lowest BCUT2D eigenvalue weighted by Gasteiger charge is -2.35. The maximum atomic E-state index is 6.12. The molecular weight excluding hydrogens is 453 g/mol. The van der Waals surface area contributed by atoms with Crippen LogP contribution in [-0.4, -0.2) is 63.0 Å². The maximum absolute atomic E-state index is 6.12. The Labute approximate surface area is 184 Å². The van der Waals surface area contributed by atoms with Crippen LogP contribution in [-0.2, 0) is 9.47 Å². The first-order chi connectivity index (χ1) is 12.5. The predicted octanol–water partition coefficient (Wildman–Crippen LogP) is 4.45. The summed E-state index contributed by atoms with van der Waals surface area (Å²) in [6.07, 6.45) is 10.3. The zero-order chi connectivity index (χ0) is 18.8. The van der Waals surface area contributed by atoms with Crippen LogP contribution < -0.4 is 5.32 Å². The summed E-state index contributed by atoms with van der Waals surface area (Å²) in [4.78, 5) is 6.85. The minimum atomic E-state index is 0. The van der Waals surface area contributed by atoms with Gasteiger partial charge in [0.1, 0.15) is 0 Å². The zero-order valence-electron chi connectivity index (χ0n) is 18.0. The van der Waals surface area contributed by atoms with Gasteiger partial charge in [-0.15, -0.1) is 24.0 Å². The van der Waals surface area contributed by atoms with E-state index in [1.807, 2.05) is 7.05 Å². The number of nitrogens with one attached hydrogen (secondary N) is 1. The van der Waals surface area contributed by atoms with E-state index in [2.05, 4.69) is 36.0 Å². The molecule has 2 heterocycles. The van der Waals surface area contributed by atoms with E-state index in [1.165, 1.54) is 32.1 Å². The molecule has 160 valence electrons. The van der Waals surface area contributed by atoms with E-state index in [0.29, 0.717) is 17.6 Å². The number of likely N-dealkylation sites (tertiary alicyclic amines) is 1. The summed E-state index contributed by atoms with van der Waals surface area (Å²) in [5, 5.41) is 3.54. The standard InChI is InChI=1S/C21H41N3O2.HI/c1-21(2,3)12-6-7-13-23-20(22-4)24-14-10-18(11-15-24)26-17-19-9-5-8-16-25-19;/h18-19H,5-17H2,1-4H3,(H,22,23);1H. The number of ether oxygens (including phenoxy) is 2. The van der Waals surface area contributed by atoms with Gasteiger partial charge in [0, 0.05) is 33.3 Å². The minimum absolute atomic E-state index is 0. The van der Waals surface area contributed by atoms with Gasteiger partial charge in [0.2, 0.25) is 0 Å². The highest BCUT2D eigenvalue weighted by molar-refractivity contribution is 14.0. The number of guanidine groups is 1. The van der Waals surface area contributed by atoms with Crippen molar-refractivity contribution in [1.82, 2.24) is 10.2 Å². The van der Waals surface area contributed by atoms with Gasteiger partial charge in [0.15, 0.2) is 5.96 Å². The van der Waals surface area contributed by atoms with Crippen LogP contribution in [0.15, 0.2) is 4.99 Å². The van der Waals surface area contributed by atoms with Gasteiger partial charge in [-0.25, -0.2) is 0 Å². The molecule has 2 rings (SSSR count). The topological polar surface area (TPSA) is 46.1 Å². The van der Waals surface area contributed by atoms with Crippen LogP contribution in [0.25, 0.3) is 0 Å². The van der Waals surface area contributed by atoms with Crippen molar-refractivity contribution in [2.24, 2.45) is 10.4 Å². The third-order valence-corrected chi connectivity index (χ3v) is 5.38. The van der Waals surface area contributed by atoms with E-state index in [1.54, 1.807) is 0 Å². The average Bonchev–Trinajstić information content (AvgIpc) is 2.63. The lowest BCUT2D eigenvalue weighted by Crippen LogP contribution is -2.47. The number of hydrogen-bond acceptors (Lipinski definition) is 3. The summed E-state index contributed by atoms with van der Waals surface area (Å²) in [5.74, 6) is 1.05. The second kappa shape index (κ2) is 13.2. The molecule has 2 aliphatic heterocycles. The molecule has 0 spiro atoms. The molecule has 0 amide bonds. The van der Waals surface area contributed by atoms with Crippen molar-refractivity contribution in [3.05, 3.63) is 0 Å². The van der Waals surface area contributed by atoms with Crippen molar-refractivity contribution in [2.75, 3.05) is 39.9 Å². The summed E-state index contributed by atoms with van der Waals surface area (Å²) in [6.45, 7) is 11.7. The third-order valence-electron chi connectivity index (χ3n) is 5.38. The van der Waals surface area contributed by atoms with Crippen LogP contribution in [0.4, 0.5) is 0 Å². The summed E-state index contributed by atoms with van der Waals surface area (Å²) >= 11 is 0. The molecule has 2 fully saturated rings. The van der Waals surface area contributed by atoms with E-state index in [9.17, 15) is 0 Å². The van der Waals surface area contributed by atoms with E-state index in [-0.39, 0.29) is 24.0 Å². The van der Waals surface area contributed by atoms with Crippen molar-refractivity contribution in [3.8, 4) is 0 Å². The molecule has 0 aromatic rings. The second-order valence-corrected chi connectivity index (χ2v) is 9.00. The number of piperidine rings is 1. The van der Waals surface area contributed by atoms with Crippen molar-refractivity contribution < 1.29 is 9.47 Å². The molecule has 0 aromatic carbocycles. The molecule has 27 heavy (non-hydrogen) atoms. The number of halogens is 1. The van der Waals surface area contributed by atoms with Gasteiger partial charge in [-0.2, -0.15) is 0 Å². The van der Waals surface area contributed by atoms with E-state index in [4.69, 9.17) is 9.47 Å². The fourth-order valence-electron chi connectivity index (χ4n) is 3.73. The molecule has 0 aliphatic carbocycles. The van der Waals surface area contributed by atoms with Gasteiger partial charge in [0.05, 0.1) is 18.8 Å². The molecule has 0 aromatic heterocycles. The number of rotatable bonds is 7. The Kier molecular flexibility index (Phi) is 12.2. The number of nitrogens with zero attached hydrogens (tertiary/aromatic N) is 2. The summed E-state index contributed by atoms with van der Waals surface area (Å²) in [7, 11) is 1.89. The molecule has 1 N–H and O–H groups in total. The first-order valence-corrected chi connectivity index (χ1v) is 10.7. The van der Waals surface area contributed by atoms with Gasteiger partial charge < -0.3 is 19.7 Å². The Morgan fingerprint density at radius 2 is 1.89 bits per heavy atom.